The minimum atomic E-state index is -5.20. The van der Waals surface area contributed by atoms with Gasteiger partial charge in [0.05, 0.1) is 22.3 Å². The number of alkyl halides is 12. The molecule has 15 heteroatoms. The Kier molecular flexibility index (Phi) is 8.72. The van der Waals surface area contributed by atoms with Gasteiger partial charge in [-0.1, -0.05) is 0 Å². The first-order chi connectivity index (χ1) is 16.7. The third kappa shape index (κ3) is 8.47. The lowest BCUT2D eigenvalue weighted by Gasteiger charge is -2.20. The molecule has 2 unspecified atom stereocenters. The monoisotopic (exact) mass is 554 g/mol. The Balaban J connectivity index is 2.34. The molecular weight excluding hydrogens is 540 g/mol. The molecule has 2 atom stereocenters. The molecular formula is C22H14F12O3. The van der Waals surface area contributed by atoms with Crippen molar-refractivity contribution in [2.24, 2.45) is 0 Å². The molecule has 0 bridgehead atoms. The third-order valence-electron chi connectivity index (χ3n) is 4.82. The Morgan fingerprint density at radius 1 is 0.514 bits per heavy atom. The van der Waals surface area contributed by atoms with Crippen LogP contribution in [0.3, 0.4) is 0 Å². The summed E-state index contributed by atoms with van der Waals surface area (Å²) < 4.78 is 161. The van der Waals surface area contributed by atoms with Crippen LogP contribution in [0.25, 0.3) is 0 Å². The Morgan fingerprint density at radius 3 is 0.946 bits per heavy atom. The molecule has 0 aliphatic heterocycles. The smallest absolute Gasteiger partial charge is 0.359 e. The summed E-state index contributed by atoms with van der Waals surface area (Å²) in [7, 11) is 0. The van der Waals surface area contributed by atoms with Gasteiger partial charge in [0.1, 0.15) is 24.8 Å². The SMILES string of the molecule is O=CC(Cc1cc(C(F)(F)F)cc(C(F)(F)F)c1)OC(C=O)Cc1cc(C(F)(F)F)cc(C(F)(F)F)c1. The number of halogens is 12. The van der Waals surface area contributed by atoms with Gasteiger partial charge in [-0.3, -0.25) is 0 Å². The average Bonchev–Trinajstić information content (AvgIpc) is 2.75. The zero-order chi connectivity index (χ0) is 28.4. The Morgan fingerprint density at radius 2 is 0.757 bits per heavy atom. The van der Waals surface area contributed by atoms with Gasteiger partial charge in [0.15, 0.2) is 0 Å². The Bertz CT molecular complexity index is 962. The second-order valence-electron chi connectivity index (χ2n) is 7.72. The minimum Gasteiger partial charge on any atom is -0.359 e. The number of rotatable bonds is 8. The van der Waals surface area contributed by atoms with Gasteiger partial charge in [-0.25, -0.2) is 0 Å². The fourth-order valence-electron chi connectivity index (χ4n) is 3.22. The van der Waals surface area contributed by atoms with Crippen LogP contribution in [-0.2, 0) is 51.9 Å². The van der Waals surface area contributed by atoms with Crippen molar-refractivity contribution in [1.82, 2.24) is 0 Å². The number of hydrogen-bond acceptors (Lipinski definition) is 3. The van der Waals surface area contributed by atoms with Crippen LogP contribution in [0.4, 0.5) is 52.7 Å². The highest BCUT2D eigenvalue weighted by Gasteiger charge is 2.38. The van der Waals surface area contributed by atoms with Gasteiger partial charge in [0.25, 0.3) is 0 Å². The van der Waals surface area contributed by atoms with E-state index in [-0.39, 0.29) is 24.7 Å². The number of aldehydes is 2. The fourth-order valence-corrected chi connectivity index (χ4v) is 3.22. The maximum atomic E-state index is 13.0. The lowest BCUT2D eigenvalue weighted by molar-refractivity contribution is -0.144. The zero-order valence-corrected chi connectivity index (χ0v) is 17.9. The minimum absolute atomic E-state index is 0.0860. The maximum absolute atomic E-state index is 13.0. The highest BCUT2D eigenvalue weighted by molar-refractivity contribution is 5.61. The summed E-state index contributed by atoms with van der Waals surface area (Å²) in [6, 6.07) is 0.864. The summed E-state index contributed by atoms with van der Waals surface area (Å²) in [5, 5.41) is 0. The van der Waals surface area contributed by atoms with Crippen molar-refractivity contribution in [3.8, 4) is 0 Å². The van der Waals surface area contributed by atoms with Gasteiger partial charge in [-0.05, 0) is 47.5 Å². The summed E-state index contributed by atoms with van der Waals surface area (Å²) in [6.45, 7) is 0. The quantitative estimate of drug-likeness (QED) is 0.270. The molecule has 2 aromatic rings. The third-order valence-corrected chi connectivity index (χ3v) is 4.82. The lowest BCUT2D eigenvalue weighted by Crippen LogP contribution is -2.28. The summed E-state index contributed by atoms with van der Waals surface area (Å²) in [5.41, 5.74) is -8.14. The van der Waals surface area contributed by atoms with Gasteiger partial charge < -0.3 is 14.3 Å². The van der Waals surface area contributed by atoms with Crippen LogP contribution in [0.5, 0.6) is 0 Å². The van der Waals surface area contributed by atoms with Crippen molar-refractivity contribution in [1.29, 1.82) is 0 Å². The first-order valence-electron chi connectivity index (χ1n) is 9.86. The summed E-state index contributed by atoms with van der Waals surface area (Å²) in [5.74, 6) is 0. The molecule has 0 fully saturated rings. The van der Waals surface area contributed by atoms with Crippen LogP contribution < -0.4 is 0 Å². The zero-order valence-electron chi connectivity index (χ0n) is 17.9. The van der Waals surface area contributed by atoms with E-state index in [1.165, 1.54) is 0 Å². The predicted octanol–water partition coefficient (Wildman–Crippen LogP) is 6.70. The van der Waals surface area contributed by atoms with E-state index in [1.807, 2.05) is 0 Å². The molecule has 0 aliphatic carbocycles. The van der Waals surface area contributed by atoms with E-state index in [0.717, 1.165) is 0 Å². The van der Waals surface area contributed by atoms with Crippen LogP contribution in [0.2, 0.25) is 0 Å². The van der Waals surface area contributed by atoms with Gasteiger partial charge in [0.2, 0.25) is 0 Å². The molecule has 0 saturated heterocycles. The van der Waals surface area contributed by atoms with E-state index >= 15 is 0 Å². The van der Waals surface area contributed by atoms with Crippen molar-refractivity contribution < 1.29 is 67.0 Å². The largest absolute Gasteiger partial charge is 0.416 e. The van der Waals surface area contributed by atoms with Crippen molar-refractivity contribution in [3.05, 3.63) is 69.8 Å². The molecule has 0 aromatic heterocycles. The number of benzene rings is 2. The topological polar surface area (TPSA) is 43.4 Å². The molecule has 2 aromatic carbocycles. The average molecular weight is 554 g/mol. The van der Waals surface area contributed by atoms with Crippen LogP contribution in [0.1, 0.15) is 33.4 Å². The Hall–Kier alpha value is -3.10. The molecule has 37 heavy (non-hydrogen) atoms. The number of hydrogen-bond donors (Lipinski definition) is 0. The van der Waals surface area contributed by atoms with Crippen LogP contribution >= 0.6 is 0 Å². The van der Waals surface area contributed by atoms with E-state index in [4.69, 9.17) is 4.74 Å². The second kappa shape index (κ2) is 10.7. The molecule has 0 radical (unpaired) electrons. The van der Waals surface area contributed by atoms with Crippen molar-refractivity contribution in [3.63, 3.8) is 0 Å². The molecule has 0 N–H and O–H groups in total. The molecule has 0 amide bonds. The molecule has 0 spiro atoms. The fraction of sp³-hybridized carbons (Fsp3) is 0.364. The standard InChI is InChI=1S/C22H14F12O3/c23-19(24,25)13-1-11(2-14(7-13)20(26,27)28)5-17(9-35)37-18(10-36)6-12-3-15(21(29,30)31)8-16(4-12)22(32,33)34/h1-4,7-10,17-18H,5-6H2. The van der Waals surface area contributed by atoms with E-state index in [1.54, 1.807) is 0 Å². The molecule has 2 rings (SSSR count). The van der Waals surface area contributed by atoms with E-state index in [2.05, 4.69) is 0 Å². The van der Waals surface area contributed by atoms with E-state index in [0.29, 0.717) is 24.3 Å². The van der Waals surface area contributed by atoms with Crippen LogP contribution in [0.15, 0.2) is 36.4 Å². The van der Waals surface area contributed by atoms with E-state index < -0.39 is 83.1 Å². The van der Waals surface area contributed by atoms with Crippen LogP contribution in [-0.4, -0.2) is 24.8 Å². The van der Waals surface area contributed by atoms with Gasteiger partial charge in [0, 0.05) is 12.8 Å². The first-order valence-corrected chi connectivity index (χ1v) is 9.86. The lowest BCUT2D eigenvalue weighted by atomic mass is 9.99. The Labute approximate surface area is 200 Å². The molecule has 0 heterocycles. The maximum Gasteiger partial charge on any atom is 0.416 e. The first kappa shape index (κ1) is 30.1. The number of carbonyl (C=O) groups is 2. The highest BCUT2D eigenvalue weighted by Crippen LogP contribution is 2.38. The summed E-state index contributed by atoms with van der Waals surface area (Å²) in [4.78, 5) is 22.7. The number of ether oxygens (including phenoxy) is 1. The van der Waals surface area contributed by atoms with Crippen LogP contribution in [0, 0.1) is 0 Å². The van der Waals surface area contributed by atoms with Gasteiger partial charge in [-0.2, -0.15) is 52.7 Å². The summed E-state index contributed by atoms with van der Waals surface area (Å²) in [6.07, 6.45) is -26.5. The predicted molar refractivity (Wildman–Crippen MR) is 101 cm³/mol. The number of carbonyl (C=O) groups excluding carboxylic acids is 2. The highest BCUT2D eigenvalue weighted by atomic mass is 19.4. The van der Waals surface area contributed by atoms with Gasteiger partial charge >= 0.3 is 24.7 Å². The van der Waals surface area contributed by atoms with Crippen molar-refractivity contribution in [2.75, 3.05) is 0 Å². The van der Waals surface area contributed by atoms with Crippen molar-refractivity contribution in [2.45, 2.75) is 49.8 Å². The molecule has 0 aliphatic rings. The normalized spacial score (nSPS) is 14.8. The molecule has 0 saturated carbocycles. The van der Waals surface area contributed by atoms with Crippen molar-refractivity contribution >= 4 is 12.6 Å². The second-order valence-corrected chi connectivity index (χ2v) is 7.72. The molecule has 3 nitrogen and oxygen atoms in total. The molecule has 204 valence electrons. The van der Waals surface area contributed by atoms with E-state index in [9.17, 15) is 62.3 Å². The summed E-state index contributed by atoms with van der Waals surface area (Å²) >= 11 is 0. The van der Waals surface area contributed by atoms with Gasteiger partial charge in [-0.15, -0.1) is 0 Å².